The number of hydrogen-bond donors (Lipinski definition) is 2. The van der Waals surface area contributed by atoms with Crippen LogP contribution in [0.1, 0.15) is 11.1 Å². The Morgan fingerprint density at radius 2 is 1.85 bits per heavy atom. The van der Waals surface area contributed by atoms with E-state index in [1.807, 2.05) is 6.07 Å². The molecule has 2 aliphatic heterocycles. The van der Waals surface area contributed by atoms with Crippen LogP contribution in [-0.4, -0.2) is 48.1 Å². The van der Waals surface area contributed by atoms with Gasteiger partial charge in [0.2, 0.25) is 0 Å². The van der Waals surface area contributed by atoms with Gasteiger partial charge in [0.15, 0.2) is 0 Å². The van der Waals surface area contributed by atoms with E-state index in [4.69, 9.17) is 4.74 Å². The van der Waals surface area contributed by atoms with E-state index in [-0.39, 0.29) is 0 Å². The smallest absolute Gasteiger partial charge is 0.0648 e. The van der Waals surface area contributed by atoms with E-state index >= 15 is 0 Å². The summed E-state index contributed by atoms with van der Waals surface area (Å²) in [5, 5.41) is 5.98. The molecule has 0 radical (unpaired) electrons. The lowest BCUT2D eigenvalue weighted by Gasteiger charge is -2.30. The van der Waals surface area contributed by atoms with Crippen molar-refractivity contribution in [2.75, 3.05) is 38.7 Å². The zero-order valence-electron chi connectivity index (χ0n) is 15.5. The van der Waals surface area contributed by atoms with Crippen LogP contribution in [0.25, 0.3) is 18.0 Å². The highest BCUT2D eigenvalue weighted by Crippen LogP contribution is 2.23. The van der Waals surface area contributed by atoms with Crippen molar-refractivity contribution in [1.29, 1.82) is 0 Å². The van der Waals surface area contributed by atoms with Crippen LogP contribution >= 0.6 is 0 Å². The summed E-state index contributed by atoms with van der Waals surface area (Å²) in [6.07, 6.45) is 9.89. The Bertz CT molecular complexity index is 1030. The van der Waals surface area contributed by atoms with Crippen molar-refractivity contribution in [2.45, 2.75) is 6.42 Å². The average molecular weight is 360 g/mol. The lowest BCUT2D eigenvalue weighted by molar-refractivity contribution is 0.0560. The topological polar surface area (TPSA) is 43.5 Å². The van der Waals surface area contributed by atoms with Gasteiger partial charge >= 0.3 is 0 Å². The van der Waals surface area contributed by atoms with Crippen LogP contribution in [0.4, 0.5) is 5.69 Å². The third-order valence-corrected chi connectivity index (χ3v) is 5.34. The molecule has 1 aromatic carbocycles. The van der Waals surface area contributed by atoms with Crippen molar-refractivity contribution in [3.05, 3.63) is 70.1 Å². The largest absolute Gasteiger partial charge is 0.378 e. The van der Waals surface area contributed by atoms with Gasteiger partial charge in [0.05, 0.1) is 24.3 Å². The van der Waals surface area contributed by atoms with Crippen molar-refractivity contribution >= 4 is 23.7 Å². The zero-order chi connectivity index (χ0) is 18.2. The molecule has 0 atom stereocenters. The fourth-order valence-electron chi connectivity index (χ4n) is 4.06. The SMILES string of the molecule is CN1C=C(Nc2ccccc2)c2c3c([nH]c2=C1)=CC(N1CCOCC1)=CC3. The Hall–Kier alpha value is -2.92. The number of aromatic amines is 1. The molecule has 3 aliphatic rings. The fraction of sp³-hybridized carbons (Fsp3) is 0.273. The van der Waals surface area contributed by atoms with E-state index in [1.54, 1.807) is 0 Å². The molecule has 0 spiro atoms. The second-order valence-electron chi connectivity index (χ2n) is 7.21. The van der Waals surface area contributed by atoms with Crippen LogP contribution in [0, 0.1) is 0 Å². The minimum Gasteiger partial charge on any atom is -0.378 e. The number of anilines is 1. The molecule has 5 rings (SSSR count). The number of H-pyrrole nitrogens is 1. The molecule has 1 aromatic heterocycles. The molecule has 5 heteroatoms. The van der Waals surface area contributed by atoms with Gasteiger partial charge in [0, 0.05) is 54.8 Å². The van der Waals surface area contributed by atoms with Gasteiger partial charge in [-0.2, -0.15) is 0 Å². The number of nitrogens with zero attached hydrogens (tertiary/aromatic N) is 2. The number of ether oxygens (including phenoxy) is 1. The normalized spacial score (nSPS) is 18.6. The molecule has 1 saturated heterocycles. The highest BCUT2D eigenvalue weighted by atomic mass is 16.5. The highest BCUT2D eigenvalue weighted by Gasteiger charge is 2.21. The van der Waals surface area contributed by atoms with Gasteiger partial charge in [-0.1, -0.05) is 24.3 Å². The molecule has 3 heterocycles. The molecule has 0 amide bonds. The van der Waals surface area contributed by atoms with Crippen molar-refractivity contribution < 1.29 is 4.74 Å². The van der Waals surface area contributed by atoms with E-state index in [2.05, 4.69) is 76.0 Å². The standard InChI is InChI=1S/C22H24N4O/c1-25-14-20(23-16-5-3-2-4-6-16)22-18-8-7-17(26-9-11-27-12-10-26)13-19(18)24-21(22)15-25/h2-7,13-15,23-24H,8-12H2,1H3. The lowest BCUT2D eigenvalue weighted by Crippen LogP contribution is -2.36. The molecule has 0 saturated carbocycles. The first-order valence-electron chi connectivity index (χ1n) is 9.51. The molecule has 1 aliphatic carbocycles. The van der Waals surface area contributed by atoms with Crippen molar-refractivity contribution in [2.24, 2.45) is 0 Å². The van der Waals surface area contributed by atoms with E-state index in [9.17, 15) is 0 Å². The summed E-state index contributed by atoms with van der Waals surface area (Å²) in [5.74, 6) is 0. The molecule has 0 bridgehead atoms. The van der Waals surface area contributed by atoms with Crippen LogP contribution in [0.2, 0.25) is 0 Å². The van der Waals surface area contributed by atoms with Gasteiger partial charge in [-0.25, -0.2) is 0 Å². The maximum atomic E-state index is 5.49. The molecule has 138 valence electrons. The van der Waals surface area contributed by atoms with Crippen LogP contribution in [0.3, 0.4) is 0 Å². The lowest BCUT2D eigenvalue weighted by atomic mass is 10.00. The van der Waals surface area contributed by atoms with Crippen LogP contribution < -0.4 is 16.0 Å². The summed E-state index contributed by atoms with van der Waals surface area (Å²) in [6.45, 7) is 3.55. The molecular weight excluding hydrogens is 336 g/mol. The van der Waals surface area contributed by atoms with Crippen LogP contribution in [-0.2, 0) is 11.2 Å². The summed E-state index contributed by atoms with van der Waals surface area (Å²) in [5.41, 5.74) is 6.18. The minimum absolute atomic E-state index is 0.811. The first kappa shape index (κ1) is 16.3. The van der Waals surface area contributed by atoms with E-state index in [0.717, 1.165) is 49.5 Å². The Labute approximate surface area is 158 Å². The van der Waals surface area contributed by atoms with Gasteiger partial charge in [0.1, 0.15) is 0 Å². The Morgan fingerprint density at radius 3 is 2.67 bits per heavy atom. The van der Waals surface area contributed by atoms with Gasteiger partial charge in [-0.3, -0.25) is 0 Å². The number of rotatable bonds is 3. The molecule has 2 aromatic rings. The zero-order valence-corrected chi connectivity index (χ0v) is 15.5. The van der Waals surface area contributed by atoms with Crippen LogP contribution in [0.15, 0.2) is 48.3 Å². The van der Waals surface area contributed by atoms with E-state index in [1.165, 1.54) is 22.2 Å². The highest BCUT2D eigenvalue weighted by molar-refractivity contribution is 5.81. The number of benzene rings is 1. The summed E-state index contributed by atoms with van der Waals surface area (Å²) in [6, 6.07) is 10.3. The average Bonchev–Trinajstić information content (AvgIpc) is 3.06. The maximum Gasteiger partial charge on any atom is 0.0648 e. The number of para-hydroxylation sites is 1. The molecule has 1 fully saturated rings. The monoisotopic (exact) mass is 360 g/mol. The molecule has 27 heavy (non-hydrogen) atoms. The van der Waals surface area contributed by atoms with Crippen molar-refractivity contribution in [3.63, 3.8) is 0 Å². The third-order valence-electron chi connectivity index (χ3n) is 5.34. The first-order valence-corrected chi connectivity index (χ1v) is 9.51. The predicted octanol–water partition coefficient (Wildman–Crippen LogP) is 1.66. The number of morpholine rings is 1. The molecule has 2 N–H and O–H groups in total. The predicted molar refractivity (Wildman–Crippen MR) is 109 cm³/mol. The number of fused-ring (bicyclic) bond motifs is 3. The number of nitrogens with one attached hydrogen (secondary N) is 2. The maximum absolute atomic E-state index is 5.49. The number of allylic oxidation sites excluding steroid dienone is 2. The summed E-state index contributed by atoms with van der Waals surface area (Å²) in [7, 11) is 2.07. The Balaban J connectivity index is 1.53. The number of aromatic nitrogens is 1. The molecule has 5 nitrogen and oxygen atoms in total. The summed E-state index contributed by atoms with van der Waals surface area (Å²) >= 11 is 0. The van der Waals surface area contributed by atoms with Gasteiger partial charge in [-0.15, -0.1) is 0 Å². The van der Waals surface area contributed by atoms with E-state index < -0.39 is 0 Å². The third kappa shape index (κ3) is 3.04. The van der Waals surface area contributed by atoms with Gasteiger partial charge < -0.3 is 24.8 Å². The minimum atomic E-state index is 0.811. The van der Waals surface area contributed by atoms with Gasteiger partial charge in [0.25, 0.3) is 0 Å². The summed E-state index contributed by atoms with van der Waals surface area (Å²) < 4.78 is 5.49. The number of hydrogen-bond acceptors (Lipinski definition) is 4. The molecule has 0 unspecified atom stereocenters. The van der Waals surface area contributed by atoms with Crippen LogP contribution in [0.5, 0.6) is 0 Å². The quantitative estimate of drug-likeness (QED) is 0.874. The van der Waals surface area contributed by atoms with Gasteiger partial charge in [-0.05, 0) is 30.2 Å². The summed E-state index contributed by atoms with van der Waals surface area (Å²) in [4.78, 5) is 8.16. The molecular formula is C22H24N4O. The Morgan fingerprint density at radius 1 is 1.04 bits per heavy atom. The Kier molecular flexibility index (Phi) is 4.02. The fourth-order valence-corrected chi connectivity index (χ4v) is 4.06. The second kappa shape index (κ2) is 6.67. The second-order valence-corrected chi connectivity index (χ2v) is 7.21. The first-order chi connectivity index (χ1) is 13.3. The van der Waals surface area contributed by atoms with Crippen molar-refractivity contribution in [1.82, 2.24) is 14.8 Å². The van der Waals surface area contributed by atoms with E-state index in [0.29, 0.717) is 0 Å². The van der Waals surface area contributed by atoms with Crippen molar-refractivity contribution in [3.8, 4) is 0 Å².